The van der Waals surface area contributed by atoms with Crippen LogP contribution in [-0.2, 0) is 0 Å². The highest BCUT2D eigenvalue weighted by molar-refractivity contribution is 5.33. The van der Waals surface area contributed by atoms with E-state index in [-0.39, 0.29) is 17.7 Å². The van der Waals surface area contributed by atoms with E-state index in [1.54, 1.807) is 12.2 Å². The minimum atomic E-state index is -1.04. The third-order valence-electron chi connectivity index (χ3n) is 3.08. The molecule has 0 aliphatic heterocycles. The summed E-state index contributed by atoms with van der Waals surface area (Å²) in [7, 11) is 0. The molecule has 4 N–H and O–H groups in total. The minimum Gasteiger partial charge on any atom is -0.512 e. The van der Waals surface area contributed by atoms with Gasteiger partial charge in [-0.1, -0.05) is 6.92 Å². The molecular formula is C14H25NO3. The Morgan fingerprint density at radius 2 is 2.06 bits per heavy atom. The summed E-state index contributed by atoms with van der Waals surface area (Å²) in [5.74, 6) is 0.117. The van der Waals surface area contributed by atoms with E-state index in [0.29, 0.717) is 18.5 Å². The highest BCUT2D eigenvalue weighted by Crippen LogP contribution is 2.29. The third-order valence-corrected chi connectivity index (χ3v) is 3.08. The molecule has 0 saturated heterocycles. The lowest BCUT2D eigenvalue weighted by atomic mass is 9.86. The van der Waals surface area contributed by atoms with Gasteiger partial charge in [0, 0.05) is 18.5 Å². The van der Waals surface area contributed by atoms with Gasteiger partial charge >= 0.3 is 0 Å². The molecule has 0 spiro atoms. The summed E-state index contributed by atoms with van der Waals surface area (Å²) >= 11 is 0. The van der Waals surface area contributed by atoms with Crippen molar-refractivity contribution in [2.75, 3.05) is 6.54 Å². The van der Waals surface area contributed by atoms with Crippen LogP contribution in [-0.4, -0.2) is 39.1 Å². The van der Waals surface area contributed by atoms with Gasteiger partial charge in [0.1, 0.15) is 0 Å². The number of nitrogens with one attached hydrogen (secondary N) is 1. The van der Waals surface area contributed by atoms with E-state index in [1.165, 1.54) is 0 Å². The second-order valence-corrected chi connectivity index (χ2v) is 6.06. The van der Waals surface area contributed by atoms with Crippen LogP contribution in [0.4, 0.5) is 0 Å². The number of aliphatic hydroxyl groups is 3. The molecule has 0 radical (unpaired) electrons. The quantitative estimate of drug-likeness (QED) is 0.616. The fourth-order valence-electron chi connectivity index (χ4n) is 1.90. The maximum atomic E-state index is 10.2. The van der Waals surface area contributed by atoms with Gasteiger partial charge in [0.25, 0.3) is 0 Å². The third kappa shape index (κ3) is 4.44. The Bertz CT molecular complexity index is 355. The number of rotatable bonds is 4. The predicted molar refractivity (Wildman–Crippen MR) is 72.4 cm³/mol. The van der Waals surface area contributed by atoms with E-state index < -0.39 is 11.7 Å². The average Bonchev–Trinajstić information content (AvgIpc) is 2.23. The van der Waals surface area contributed by atoms with Crippen LogP contribution in [0.2, 0.25) is 0 Å². The first-order chi connectivity index (χ1) is 8.15. The van der Waals surface area contributed by atoms with Crippen LogP contribution < -0.4 is 5.32 Å². The second kappa shape index (κ2) is 5.43. The molecule has 18 heavy (non-hydrogen) atoms. The lowest BCUT2D eigenvalue weighted by molar-refractivity contribution is 0.0691. The Balaban J connectivity index is 2.75. The van der Waals surface area contributed by atoms with Crippen LogP contribution in [0.3, 0.4) is 0 Å². The Labute approximate surface area is 109 Å². The number of aliphatic hydroxyl groups excluding tert-OH is 2. The Morgan fingerprint density at radius 3 is 2.56 bits per heavy atom. The summed E-state index contributed by atoms with van der Waals surface area (Å²) in [6.45, 7) is 8.30. The number of β-amino-alcohol motifs (C(OH)–C–C–N with tert-alkyl or cyclic N) is 1. The van der Waals surface area contributed by atoms with Gasteiger partial charge in [-0.15, -0.1) is 0 Å². The SMILES string of the molecule is CCC1(O)C=C(C(O)CNC(C)(C)C)C=C(O)C1. The van der Waals surface area contributed by atoms with Crippen molar-refractivity contribution in [2.45, 2.75) is 57.8 Å². The molecule has 0 saturated carbocycles. The monoisotopic (exact) mass is 255 g/mol. The summed E-state index contributed by atoms with van der Waals surface area (Å²) in [4.78, 5) is 0. The molecule has 0 fully saturated rings. The molecular weight excluding hydrogens is 230 g/mol. The first kappa shape index (κ1) is 15.2. The van der Waals surface area contributed by atoms with Gasteiger partial charge in [0.2, 0.25) is 0 Å². The van der Waals surface area contributed by atoms with Gasteiger partial charge < -0.3 is 20.6 Å². The zero-order valence-electron chi connectivity index (χ0n) is 11.7. The van der Waals surface area contributed by atoms with Crippen LogP contribution in [0.15, 0.2) is 23.5 Å². The molecule has 0 amide bonds. The predicted octanol–water partition coefficient (Wildman–Crippen LogP) is 1.65. The van der Waals surface area contributed by atoms with Crippen molar-refractivity contribution in [3.8, 4) is 0 Å². The van der Waals surface area contributed by atoms with Crippen molar-refractivity contribution in [3.63, 3.8) is 0 Å². The highest BCUT2D eigenvalue weighted by atomic mass is 16.3. The van der Waals surface area contributed by atoms with Crippen molar-refractivity contribution in [2.24, 2.45) is 0 Å². The summed E-state index contributed by atoms with van der Waals surface area (Å²) in [5.41, 5.74) is -0.556. The minimum absolute atomic E-state index is 0.0803. The molecule has 0 aromatic rings. The summed E-state index contributed by atoms with van der Waals surface area (Å²) in [6.07, 6.45) is 3.19. The van der Waals surface area contributed by atoms with Gasteiger partial charge in [-0.25, -0.2) is 0 Å². The van der Waals surface area contributed by atoms with Crippen molar-refractivity contribution in [1.29, 1.82) is 0 Å². The molecule has 0 aromatic heterocycles. The topological polar surface area (TPSA) is 72.7 Å². The molecule has 1 rings (SSSR count). The van der Waals surface area contributed by atoms with Crippen molar-refractivity contribution >= 4 is 0 Å². The lowest BCUT2D eigenvalue weighted by Crippen LogP contribution is -2.42. The Kier molecular flexibility index (Phi) is 4.59. The summed E-state index contributed by atoms with van der Waals surface area (Å²) in [5, 5.41) is 33.1. The van der Waals surface area contributed by atoms with E-state index in [4.69, 9.17) is 0 Å². The van der Waals surface area contributed by atoms with Gasteiger partial charge in [-0.05, 0) is 44.9 Å². The zero-order valence-corrected chi connectivity index (χ0v) is 11.7. The first-order valence-corrected chi connectivity index (χ1v) is 6.43. The van der Waals surface area contributed by atoms with E-state index in [1.807, 2.05) is 27.7 Å². The van der Waals surface area contributed by atoms with Crippen LogP contribution in [0.5, 0.6) is 0 Å². The smallest absolute Gasteiger partial charge is 0.0958 e. The van der Waals surface area contributed by atoms with E-state index >= 15 is 0 Å². The van der Waals surface area contributed by atoms with Crippen LogP contribution in [0, 0.1) is 0 Å². The van der Waals surface area contributed by atoms with Crippen LogP contribution in [0.1, 0.15) is 40.5 Å². The lowest BCUT2D eigenvalue weighted by Gasteiger charge is -2.30. The molecule has 0 bridgehead atoms. The van der Waals surface area contributed by atoms with E-state index in [9.17, 15) is 15.3 Å². The fourth-order valence-corrected chi connectivity index (χ4v) is 1.90. The summed E-state index contributed by atoms with van der Waals surface area (Å²) in [6, 6.07) is 0. The maximum Gasteiger partial charge on any atom is 0.0958 e. The Morgan fingerprint density at radius 1 is 1.44 bits per heavy atom. The molecule has 4 heteroatoms. The molecule has 1 aliphatic carbocycles. The number of hydrogen-bond donors (Lipinski definition) is 4. The second-order valence-electron chi connectivity index (χ2n) is 6.06. The zero-order chi connectivity index (χ0) is 14.0. The molecule has 0 heterocycles. The number of hydrogen-bond acceptors (Lipinski definition) is 4. The van der Waals surface area contributed by atoms with Gasteiger partial charge in [0.05, 0.1) is 17.5 Å². The van der Waals surface area contributed by atoms with Crippen LogP contribution >= 0.6 is 0 Å². The Hall–Kier alpha value is -0.840. The summed E-state index contributed by atoms with van der Waals surface area (Å²) < 4.78 is 0. The van der Waals surface area contributed by atoms with E-state index in [0.717, 1.165) is 0 Å². The standard InChI is InChI=1S/C14H25NO3/c1-5-14(18)7-10(6-11(16)8-14)12(17)9-15-13(2,3)4/h6-7,12,15-18H,5,8-9H2,1-4H3. The maximum absolute atomic E-state index is 10.2. The molecule has 4 nitrogen and oxygen atoms in total. The highest BCUT2D eigenvalue weighted by Gasteiger charge is 2.29. The molecule has 1 aliphatic rings. The molecule has 2 atom stereocenters. The largest absolute Gasteiger partial charge is 0.512 e. The van der Waals surface area contributed by atoms with Gasteiger partial charge in [0.15, 0.2) is 0 Å². The van der Waals surface area contributed by atoms with Crippen molar-refractivity contribution in [1.82, 2.24) is 5.32 Å². The van der Waals surface area contributed by atoms with Gasteiger partial charge in [-0.2, -0.15) is 0 Å². The normalized spacial score (nSPS) is 26.6. The van der Waals surface area contributed by atoms with Gasteiger partial charge in [-0.3, -0.25) is 0 Å². The average molecular weight is 255 g/mol. The molecule has 0 aromatic carbocycles. The first-order valence-electron chi connectivity index (χ1n) is 6.43. The van der Waals surface area contributed by atoms with Crippen LogP contribution in [0.25, 0.3) is 0 Å². The van der Waals surface area contributed by atoms with E-state index in [2.05, 4.69) is 5.32 Å². The van der Waals surface area contributed by atoms with Crippen molar-refractivity contribution in [3.05, 3.63) is 23.5 Å². The molecule has 2 unspecified atom stereocenters. The molecule has 104 valence electrons. The fraction of sp³-hybridized carbons (Fsp3) is 0.714. The van der Waals surface area contributed by atoms with Crippen molar-refractivity contribution < 1.29 is 15.3 Å².